The number of piperidine rings is 2. The smallest absolute Gasteiger partial charge is 0.410 e. The number of nitrogens with zero attached hydrogens (tertiary/aromatic N) is 2. The number of hydrogen-bond acceptors (Lipinski definition) is 10. The lowest BCUT2D eigenvalue weighted by molar-refractivity contribution is -0.141. The SMILES string of the molecule is COC(=O)C[C@H](CC(=O)[C@@H]1CCCN(C(=O)CCC2CCN(C(=O)OC(C)(C)C)CC2)C1)c1cccc(OCCOS(=O)(=O)c2ccc(C)cc2)c1. The number of aryl methyl sites for hydroxylation is 1. The third-order valence-electron chi connectivity index (χ3n) is 9.58. The van der Waals surface area contributed by atoms with Crippen LogP contribution in [0.1, 0.15) is 89.2 Å². The number of carbonyl (C=O) groups excluding carboxylic acids is 4. The number of ether oxygens (including phenoxy) is 3. The summed E-state index contributed by atoms with van der Waals surface area (Å²) in [6.07, 6.45) is 3.98. The molecule has 0 unspecified atom stereocenters. The van der Waals surface area contributed by atoms with Crippen molar-refractivity contribution in [2.45, 2.75) is 95.5 Å². The summed E-state index contributed by atoms with van der Waals surface area (Å²) in [4.78, 5) is 55.4. The highest BCUT2D eigenvalue weighted by atomic mass is 32.2. The first kappa shape index (κ1) is 40.8. The van der Waals surface area contributed by atoms with Crippen molar-refractivity contribution in [2.75, 3.05) is 46.5 Å². The molecule has 0 aromatic heterocycles. The van der Waals surface area contributed by atoms with E-state index in [0.717, 1.165) is 31.2 Å². The van der Waals surface area contributed by atoms with Gasteiger partial charge in [-0.3, -0.25) is 18.6 Å². The minimum absolute atomic E-state index is 0.00823. The average Bonchev–Trinajstić information content (AvgIpc) is 3.12. The number of ketones is 1. The Bertz CT molecular complexity index is 1630. The number of methoxy groups -OCH3 is 1. The van der Waals surface area contributed by atoms with Crippen LogP contribution in [0.25, 0.3) is 0 Å². The van der Waals surface area contributed by atoms with Crippen molar-refractivity contribution in [3.63, 3.8) is 0 Å². The summed E-state index contributed by atoms with van der Waals surface area (Å²) in [7, 11) is -2.62. The molecule has 2 heterocycles. The standard InChI is InChI=1S/C39H54N2O10S/c1-28-11-14-34(15-12-28)52(46,47)50-23-22-49-33-10-6-8-30(24-33)32(26-37(44)48-5)25-35(42)31-9-7-19-41(27-31)36(43)16-13-29-17-20-40(21-18-29)38(45)51-39(2,3)4/h6,8,10-12,14-15,24,29,31-32H,7,9,13,16-23,25-27H2,1-5H3/t31-,32+/m1/s1. The van der Waals surface area contributed by atoms with Crippen molar-refractivity contribution in [3.05, 3.63) is 59.7 Å². The number of carbonyl (C=O) groups is 4. The maximum absolute atomic E-state index is 13.7. The summed E-state index contributed by atoms with van der Waals surface area (Å²) in [6, 6.07) is 13.4. The van der Waals surface area contributed by atoms with Crippen molar-refractivity contribution in [2.24, 2.45) is 11.8 Å². The molecule has 2 aliphatic heterocycles. The highest BCUT2D eigenvalue weighted by Gasteiger charge is 2.32. The van der Waals surface area contributed by atoms with Crippen LogP contribution in [0.5, 0.6) is 5.75 Å². The lowest BCUT2D eigenvalue weighted by atomic mass is 9.84. The first-order valence-corrected chi connectivity index (χ1v) is 19.6. The molecule has 4 rings (SSSR count). The number of Topliss-reactive ketones (excluding diaryl/α,β-unsaturated/α-hetero) is 1. The van der Waals surface area contributed by atoms with Gasteiger partial charge in [-0.05, 0) is 95.5 Å². The molecule has 12 nitrogen and oxygen atoms in total. The van der Waals surface area contributed by atoms with Crippen LogP contribution < -0.4 is 4.74 Å². The van der Waals surface area contributed by atoms with Gasteiger partial charge >= 0.3 is 12.1 Å². The fraction of sp³-hybridized carbons (Fsp3) is 0.590. The lowest BCUT2D eigenvalue weighted by Crippen LogP contribution is -2.43. The number of likely N-dealkylation sites (tertiary alicyclic amines) is 2. The molecule has 13 heteroatoms. The van der Waals surface area contributed by atoms with Crippen LogP contribution in [0, 0.1) is 18.8 Å². The van der Waals surface area contributed by atoms with Crippen LogP contribution in [0.3, 0.4) is 0 Å². The van der Waals surface area contributed by atoms with Gasteiger partial charge in [0.15, 0.2) is 0 Å². The first-order valence-electron chi connectivity index (χ1n) is 18.2. The zero-order chi connectivity index (χ0) is 37.9. The molecule has 0 saturated carbocycles. The monoisotopic (exact) mass is 742 g/mol. The highest BCUT2D eigenvalue weighted by Crippen LogP contribution is 2.31. The van der Waals surface area contributed by atoms with Crippen LogP contribution in [-0.2, 0) is 38.2 Å². The molecule has 0 aliphatic carbocycles. The van der Waals surface area contributed by atoms with Crippen molar-refractivity contribution in [1.82, 2.24) is 9.80 Å². The van der Waals surface area contributed by atoms with Crippen LogP contribution in [0.4, 0.5) is 4.79 Å². The molecule has 2 aliphatic rings. The van der Waals surface area contributed by atoms with E-state index in [1.54, 1.807) is 40.1 Å². The minimum atomic E-state index is -3.93. The Morgan fingerprint density at radius 3 is 2.29 bits per heavy atom. The van der Waals surface area contributed by atoms with Gasteiger partial charge in [0.1, 0.15) is 30.3 Å². The molecule has 2 amide bonds. The molecule has 0 radical (unpaired) electrons. The van der Waals surface area contributed by atoms with Gasteiger partial charge in [-0.25, -0.2) is 4.79 Å². The molecule has 2 saturated heterocycles. The largest absolute Gasteiger partial charge is 0.491 e. The Labute approximate surface area is 308 Å². The molecule has 0 spiro atoms. The van der Waals surface area contributed by atoms with E-state index in [4.69, 9.17) is 18.4 Å². The predicted octanol–water partition coefficient (Wildman–Crippen LogP) is 6.05. The Morgan fingerprint density at radius 1 is 0.904 bits per heavy atom. The minimum Gasteiger partial charge on any atom is -0.491 e. The van der Waals surface area contributed by atoms with Crippen LogP contribution in [0.2, 0.25) is 0 Å². The molecule has 52 heavy (non-hydrogen) atoms. The maximum Gasteiger partial charge on any atom is 0.410 e. The summed E-state index contributed by atoms with van der Waals surface area (Å²) in [6.45, 7) is 9.38. The van der Waals surface area contributed by atoms with Gasteiger partial charge < -0.3 is 24.0 Å². The van der Waals surface area contributed by atoms with Crippen LogP contribution in [-0.4, -0.2) is 94.1 Å². The molecule has 2 aromatic carbocycles. The topological polar surface area (TPSA) is 146 Å². The number of amides is 2. The van der Waals surface area contributed by atoms with E-state index in [9.17, 15) is 27.6 Å². The third-order valence-corrected chi connectivity index (χ3v) is 10.9. The zero-order valence-corrected chi connectivity index (χ0v) is 32.0. The molecular formula is C39H54N2O10S. The molecule has 2 atom stereocenters. The normalized spacial score (nSPS) is 17.7. The van der Waals surface area contributed by atoms with E-state index in [2.05, 4.69) is 0 Å². The molecular weight excluding hydrogens is 689 g/mol. The van der Waals surface area contributed by atoms with Crippen LogP contribution >= 0.6 is 0 Å². The second-order valence-electron chi connectivity index (χ2n) is 14.8. The van der Waals surface area contributed by atoms with E-state index < -0.39 is 27.6 Å². The second kappa shape index (κ2) is 18.7. The fourth-order valence-electron chi connectivity index (χ4n) is 6.62. The van der Waals surface area contributed by atoms with E-state index >= 15 is 0 Å². The Hall–Kier alpha value is -3.97. The van der Waals surface area contributed by atoms with Crippen molar-refractivity contribution in [3.8, 4) is 5.75 Å². The van der Waals surface area contributed by atoms with Gasteiger partial charge in [0.2, 0.25) is 5.91 Å². The number of benzene rings is 2. The van der Waals surface area contributed by atoms with Gasteiger partial charge in [-0.2, -0.15) is 8.42 Å². The van der Waals surface area contributed by atoms with Crippen molar-refractivity contribution >= 4 is 33.9 Å². The van der Waals surface area contributed by atoms with E-state index in [1.165, 1.54) is 19.2 Å². The van der Waals surface area contributed by atoms with Gasteiger partial charge in [0.25, 0.3) is 10.1 Å². The summed E-state index contributed by atoms with van der Waals surface area (Å²) in [5.74, 6) is -0.429. The summed E-state index contributed by atoms with van der Waals surface area (Å²) < 4.78 is 46.3. The third kappa shape index (κ3) is 12.6. The Kier molecular flexibility index (Phi) is 14.7. The number of esters is 1. The Balaban J connectivity index is 1.27. The molecule has 286 valence electrons. The predicted molar refractivity (Wildman–Crippen MR) is 194 cm³/mol. The maximum atomic E-state index is 13.7. The van der Waals surface area contributed by atoms with Crippen LogP contribution in [0.15, 0.2) is 53.4 Å². The molecule has 0 bridgehead atoms. The first-order chi connectivity index (χ1) is 24.6. The van der Waals surface area contributed by atoms with Crippen molar-refractivity contribution < 1.29 is 46.0 Å². The summed E-state index contributed by atoms with van der Waals surface area (Å²) in [5, 5.41) is 0. The summed E-state index contributed by atoms with van der Waals surface area (Å²) >= 11 is 0. The fourth-order valence-corrected chi connectivity index (χ4v) is 7.51. The molecule has 0 N–H and O–H groups in total. The van der Waals surface area contributed by atoms with Gasteiger partial charge in [0.05, 0.1) is 18.4 Å². The molecule has 2 fully saturated rings. The lowest BCUT2D eigenvalue weighted by Gasteiger charge is -2.35. The van der Waals surface area contributed by atoms with E-state index in [-0.39, 0.29) is 54.7 Å². The van der Waals surface area contributed by atoms with E-state index in [1.807, 2.05) is 33.8 Å². The highest BCUT2D eigenvalue weighted by molar-refractivity contribution is 7.86. The van der Waals surface area contributed by atoms with Gasteiger partial charge in [-0.15, -0.1) is 0 Å². The van der Waals surface area contributed by atoms with E-state index in [0.29, 0.717) is 56.3 Å². The van der Waals surface area contributed by atoms with Gasteiger partial charge in [0, 0.05) is 50.9 Å². The quantitative estimate of drug-likeness (QED) is 0.120. The van der Waals surface area contributed by atoms with Crippen molar-refractivity contribution in [1.29, 1.82) is 0 Å². The van der Waals surface area contributed by atoms with Gasteiger partial charge in [-0.1, -0.05) is 29.8 Å². The number of hydrogen-bond donors (Lipinski definition) is 0. The summed E-state index contributed by atoms with van der Waals surface area (Å²) in [5.41, 5.74) is 1.11. The Morgan fingerprint density at radius 2 is 1.62 bits per heavy atom. The second-order valence-corrected chi connectivity index (χ2v) is 16.4. The zero-order valence-electron chi connectivity index (χ0n) is 31.1. The number of rotatable bonds is 15. The average molecular weight is 743 g/mol. The molecule has 2 aromatic rings.